The molecule has 0 spiro atoms. The minimum Gasteiger partial charge on any atom is -0.207 e. The molecule has 1 aromatic carbocycles. The number of halogens is 4. The van der Waals surface area contributed by atoms with Crippen LogP contribution < -0.4 is 0 Å². The summed E-state index contributed by atoms with van der Waals surface area (Å²) in [6.45, 7) is 1.95. The number of rotatable bonds is 2. The fourth-order valence-corrected chi connectivity index (χ4v) is 4.04. The van der Waals surface area contributed by atoms with Crippen LogP contribution in [0.5, 0.6) is 0 Å². The maximum Gasteiger partial charge on any atom is 0.124 e. The van der Waals surface area contributed by atoms with Crippen LogP contribution in [0.4, 0.5) is 4.39 Å². The van der Waals surface area contributed by atoms with Gasteiger partial charge in [0.15, 0.2) is 0 Å². The summed E-state index contributed by atoms with van der Waals surface area (Å²) in [5.41, 5.74) is 1.93. The zero-order valence-electron chi connectivity index (χ0n) is 8.81. The van der Waals surface area contributed by atoms with Crippen molar-refractivity contribution >= 4 is 57.1 Å². The summed E-state index contributed by atoms with van der Waals surface area (Å²) in [7, 11) is 0. The highest BCUT2D eigenvalue weighted by Gasteiger charge is 2.17. The van der Waals surface area contributed by atoms with Crippen LogP contribution in [-0.2, 0) is 0 Å². The maximum atomic E-state index is 13.0. The van der Waals surface area contributed by atoms with Gasteiger partial charge in [-0.15, -0.1) is 22.9 Å². The second-order valence-corrected chi connectivity index (χ2v) is 6.92. The normalized spacial score (nSPS) is 12.8. The summed E-state index contributed by atoms with van der Waals surface area (Å²) < 4.78 is 14.6. The molecule has 0 saturated heterocycles. The van der Waals surface area contributed by atoms with Gasteiger partial charge in [0.2, 0.25) is 0 Å². The Morgan fingerprint density at radius 1 is 1.35 bits per heavy atom. The standard InChI is InChI=1S/C12H8Cl2FIS/c1-6-4-10(17-12(6)14)11(13)8-3-2-7(15)5-9(8)16/h2-5,11H,1H3. The smallest absolute Gasteiger partial charge is 0.124 e. The predicted octanol–water partition coefficient (Wildman–Crippen LogP) is 5.78. The molecule has 0 amide bonds. The molecule has 0 aliphatic rings. The van der Waals surface area contributed by atoms with Gasteiger partial charge < -0.3 is 0 Å². The minimum atomic E-state index is -0.279. The zero-order chi connectivity index (χ0) is 12.6. The van der Waals surface area contributed by atoms with Crippen LogP contribution in [0.1, 0.15) is 21.4 Å². The molecule has 2 aromatic rings. The summed E-state index contributed by atoms with van der Waals surface area (Å²) >= 11 is 16.0. The molecule has 0 aliphatic carbocycles. The average molecular weight is 401 g/mol. The highest BCUT2D eigenvalue weighted by Crippen LogP contribution is 2.39. The first-order chi connectivity index (χ1) is 7.99. The lowest BCUT2D eigenvalue weighted by atomic mass is 10.1. The van der Waals surface area contributed by atoms with E-state index in [4.69, 9.17) is 23.2 Å². The van der Waals surface area contributed by atoms with Crippen molar-refractivity contribution in [3.8, 4) is 0 Å². The van der Waals surface area contributed by atoms with Crippen LogP contribution in [0.25, 0.3) is 0 Å². The molecule has 5 heteroatoms. The average Bonchev–Trinajstić information content (AvgIpc) is 2.58. The van der Waals surface area contributed by atoms with Gasteiger partial charge in [-0.2, -0.15) is 0 Å². The SMILES string of the molecule is Cc1cc(C(Cl)c2ccc(F)cc2I)sc1Cl. The van der Waals surface area contributed by atoms with E-state index in [-0.39, 0.29) is 11.2 Å². The Balaban J connectivity index is 2.39. The van der Waals surface area contributed by atoms with Gasteiger partial charge in [0, 0.05) is 8.45 Å². The molecule has 0 fully saturated rings. The van der Waals surface area contributed by atoms with Gasteiger partial charge in [-0.3, -0.25) is 0 Å². The van der Waals surface area contributed by atoms with Crippen molar-refractivity contribution in [2.75, 3.05) is 0 Å². The zero-order valence-corrected chi connectivity index (χ0v) is 13.3. The summed E-state index contributed by atoms with van der Waals surface area (Å²) in [4.78, 5) is 0.985. The third kappa shape index (κ3) is 2.95. The first-order valence-corrected chi connectivity index (χ1v) is 7.55. The predicted molar refractivity (Wildman–Crippen MR) is 80.9 cm³/mol. The maximum absolute atomic E-state index is 13.0. The Labute approximate surface area is 127 Å². The van der Waals surface area contributed by atoms with Gasteiger partial charge >= 0.3 is 0 Å². The van der Waals surface area contributed by atoms with Crippen molar-refractivity contribution in [1.29, 1.82) is 0 Å². The lowest BCUT2D eigenvalue weighted by molar-refractivity contribution is 0.626. The first-order valence-electron chi connectivity index (χ1n) is 4.84. The summed E-state index contributed by atoms with van der Waals surface area (Å²) in [5, 5.41) is -0.279. The number of hydrogen-bond donors (Lipinski definition) is 0. The van der Waals surface area contributed by atoms with E-state index in [0.29, 0.717) is 0 Å². The van der Waals surface area contributed by atoms with Gasteiger partial charge in [-0.05, 0) is 58.8 Å². The topological polar surface area (TPSA) is 0 Å². The molecule has 90 valence electrons. The molecule has 0 radical (unpaired) electrons. The van der Waals surface area contributed by atoms with E-state index in [1.807, 2.05) is 13.0 Å². The molecule has 1 unspecified atom stereocenters. The van der Waals surface area contributed by atoms with E-state index in [9.17, 15) is 4.39 Å². The van der Waals surface area contributed by atoms with E-state index in [0.717, 1.165) is 23.9 Å². The minimum absolute atomic E-state index is 0.248. The van der Waals surface area contributed by atoms with Gasteiger partial charge in [0.1, 0.15) is 5.82 Å². The van der Waals surface area contributed by atoms with E-state index in [1.165, 1.54) is 23.5 Å². The largest absolute Gasteiger partial charge is 0.207 e. The number of thiophene rings is 1. The van der Waals surface area contributed by atoms with Crippen molar-refractivity contribution in [2.24, 2.45) is 0 Å². The van der Waals surface area contributed by atoms with Crippen LogP contribution in [0.15, 0.2) is 24.3 Å². The Kier molecular flexibility index (Phi) is 4.34. The molecule has 1 atom stereocenters. The molecule has 0 bridgehead atoms. The Morgan fingerprint density at radius 2 is 2.06 bits per heavy atom. The summed E-state index contributed by atoms with van der Waals surface area (Å²) in [6.07, 6.45) is 0. The van der Waals surface area contributed by atoms with E-state index in [1.54, 1.807) is 6.07 Å². The van der Waals surface area contributed by atoms with Crippen molar-refractivity contribution < 1.29 is 4.39 Å². The van der Waals surface area contributed by atoms with Crippen molar-refractivity contribution in [3.05, 3.63) is 54.0 Å². The van der Waals surface area contributed by atoms with Gasteiger partial charge in [-0.25, -0.2) is 4.39 Å². The lowest BCUT2D eigenvalue weighted by Crippen LogP contribution is -1.94. The van der Waals surface area contributed by atoms with E-state index >= 15 is 0 Å². The fourth-order valence-electron chi connectivity index (χ4n) is 1.47. The van der Waals surface area contributed by atoms with Crippen LogP contribution >= 0.6 is 57.1 Å². The molecule has 17 heavy (non-hydrogen) atoms. The molecule has 0 nitrogen and oxygen atoms in total. The Hall–Kier alpha value is 0.160. The first kappa shape index (κ1) is 13.6. The molecular formula is C12H8Cl2FIS. The van der Waals surface area contributed by atoms with Crippen molar-refractivity contribution in [3.63, 3.8) is 0 Å². The van der Waals surface area contributed by atoms with Gasteiger partial charge in [0.25, 0.3) is 0 Å². The molecular weight excluding hydrogens is 393 g/mol. The van der Waals surface area contributed by atoms with Crippen LogP contribution in [-0.4, -0.2) is 0 Å². The summed E-state index contributed by atoms with van der Waals surface area (Å²) in [5.74, 6) is -0.248. The number of hydrogen-bond acceptors (Lipinski definition) is 1. The van der Waals surface area contributed by atoms with Crippen molar-refractivity contribution in [1.82, 2.24) is 0 Å². The highest BCUT2D eigenvalue weighted by atomic mass is 127. The van der Waals surface area contributed by atoms with Crippen molar-refractivity contribution in [2.45, 2.75) is 12.3 Å². The number of aryl methyl sites for hydroxylation is 1. The Bertz CT molecular complexity index is 534. The third-order valence-electron chi connectivity index (χ3n) is 2.36. The Morgan fingerprint density at radius 3 is 2.59 bits per heavy atom. The molecule has 0 N–H and O–H groups in total. The quantitative estimate of drug-likeness (QED) is 0.442. The second-order valence-electron chi connectivity index (χ2n) is 3.63. The molecule has 2 rings (SSSR count). The number of benzene rings is 1. The number of alkyl halides is 1. The van der Waals surface area contributed by atoms with Gasteiger partial charge in [-0.1, -0.05) is 17.7 Å². The fraction of sp³-hybridized carbons (Fsp3) is 0.167. The van der Waals surface area contributed by atoms with Gasteiger partial charge in [0.05, 0.1) is 9.71 Å². The summed E-state index contributed by atoms with van der Waals surface area (Å²) in [6, 6.07) is 6.60. The monoisotopic (exact) mass is 400 g/mol. The molecule has 1 heterocycles. The molecule has 0 saturated carbocycles. The highest BCUT2D eigenvalue weighted by molar-refractivity contribution is 14.1. The third-order valence-corrected chi connectivity index (χ3v) is 5.52. The molecule has 1 aromatic heterocycles. The van der Waals surface area contributed by atoms with E-state index < -0.39 is 0 Å². The van der Waals surface area contributed by atoms with E-state index in [2.05, 4.69) is 22.6 Å². The second kappa shape index (κ2) is 5.43. The van der Waals surface area contributed by atoms with Crippen LogP contribution in [0.2, 0.25) is 4.34 Å². The van der Waals surface area contributed by atoms with Crippen LogP contribution in [0, 0.1) is 16.3 Å². The molecule has 0 aliphatic heterocycles. The van der Waals surface area contributed by atoms with Crippen LogP contribution in [0.3, 0.4) is 0 Å². The lowest BCUT2D eigenvalue weighted by Gasteiger charge is -2.09.